The Kier molecular flexibility index (Phi) is 7.08. The van der Waals surface area contributed by atoms with Crippen molar-refractivity contribution in [2.45, 2.75) is 12.3 Å². The number of morpholine rings is 1. The van der Waals surface area contributed by atoms with E-state index in [0.29, 0.717) is 35.6 Å². The summed E-state index contributed by atoms with van der Waals surface area (Å²) < 4.78 is 27.0. The number of benzene rings is 1. The van der Waals surface area contributed by atoms with Crippen LogP contribution in [0.25, 0.3) is 11.2 Å². The smallest absolute Gasteiger partial charge is 0.350 e. The van der Waals surface area contributed by atoms with Crippen molar-refractivity contribution in [3.63, 3.8) is 0 Å². The van der Waals surface area contributed by atoms with E-state index in [1.165, 1.54) is 11.0 Å². The number of aromatic nitrogens is 4. The fraction of sp³-hybridized carbons (Fsp3) is 0.400. The molecule has 3 atom stereocenters. The van der Waals surface area contributed by atoms with Crippen LogP contribution in [0.1, 0.15) is 16.6 Å². The highest BCUT2D eigenvalue weighted by molar-refractivity contribution is 7.83. The zero-order valence-electron chi connectivity index (χ0n) is 18.5. The highest BCUT2D eigenvalue weighted by atomic mass is 35.7. The molecule has 1 unspecified atom stereocenters. The first-order valence-electron chi connectivity index (χ1n) is 10.2. The van der Waals surface area contributed by atoms with Crippen LogP contribution in [0.5, 0.6) is 0 Å². The molecule has 0 aliphatic carbocycles. The number of ether oxygens (including phenoxy) is 1. The molecule has 13 heteroatoms. The van der Waals surface area contributed by atoms with Gasteiger partial charge in [0.2, 0.25) is 0 Å². The number of likely N-dealkylation sites (N-methyl/N-ethyl adjacent to an activating group) is 1. The molecule has 176 valence electrons. The molecule has 1 aliphatic heterocycles. The van der Waals surface area contributed by atoms with E-state index in [4.69, 9.17) is 20.5 Å². The summed E-state index contributed by atoms with van der Waals surface area (Å²) in [4.78, 5) is 27.6. The van der Waals surface area contributed by atoms with Gasteiger partial charge >= 0.3 is 6.87 Å². The Morgan fingerprint density at radius 2 is 2.03 bits per heavy atom. The molecular formula is C20H25ClN7O4P. The third-order valence-electron chi connectivity index (χ3n) is 5.17. The van der Waals surface area contributed by atoms with Crippen LogP contribution in [0.4, 0.5) is 5.82 Å². The van der Waals surface area contributed by atoms with E-state index < -0.39 is 13.1 Å². The Morgan fingerprint density at radius 1 is 1.27 bits per heavy atom. The zero-order chi connectivity index (χ0) is 23.6. The molecule has 3 heterocycles. The molecule has 1 fully saturated rings. The SMILES string of the molecule is CN1CC(n2cnc3c(NC(=O)c4ccccc4)ncnc32)O[C@H](CO[P@](=O)(Cl)N(C)C)C1. The van der Waals surface area contributed by atoms with Crippen molar-refractivity contribution < 1.29 is 18.6 Å². The van der Waals surface area contributed by atoms with E-state index >= 15 is 0 Å². The second-order valence-corrected chi connectivity index (χ2v) is 11.1. The lowest BCUT2D eigenvalue weighted by Gasteiger charge is -2.36. The number of rotatable bonds is 7. The molecule has 1 saturated heterocycles. The molecule has 1 aromatic carbocycles. The Hall–Kier alpha value is -2.40. The summed E-state index contributed by atoms with van der Waals surface area (Å²) in [5, 5.41) is 2.80. The number of nitrogens with one attached hydrogen (secondary N) is 1. The number of hydrogen-bond acceptors (Lipinski definition) is 8. The van der Waals surface area contributed by atoms with E-state index in [0.717, 1.165) is 0 Å². The zero-order valence-corrected chi connectivity index (χ0v) is 20.1. The first-order chi connectivity index (χ1) is 15.7. The van der Waals surface area contributed by atoms with Gasteiger partial charge < -0.3 is 14.6 Å². The Balaban J connectivity index is 1.53. The molecule has 1 amide bonds. The molecule has 11 nitrogen and oxygen atoms in total. The molecule has 33 heavy (non-hydrogen) atoms. The van der Waals surface area contributed by atoms with Crippen LogP contribution in [-0.2, 0) is 13.8 Å². The minimum Gasteiger partial charge on any atom is -0.350 e. The van der Waals surface area contributed by atoms with E-state index in [1.807, 2.05) is 13.1 Å². The van der Waals surface area contributed by atoms with E-state index in [2.05, 4.69) is 25.2 Å². The minimum atomic E-state index is -3.39. The molecule has 4 rings (SSSR count). The van der Waals surface area contributed by atoms with Gasteiger partial charge in [-0.1, -0.05) is 18.2 Å². The number of anilines is 1. The summed E-state index contributed by atoms with van der Waals surface area (Å²) in [6.07, 6.45) is 2.18. The molecule has 2 aromatic heterocycles. The van der Waals surface area contributed by atoms with Gasteiger partial charge in [0, 0.05) is 18.7 Å². The maximum Gasteiger partial charge on any atom is 0.362 e. The van der Waals surface area contributed by atoms with E-state index in [-0.39, 0.29) is 18.6 Å². The van der Waals surface area contributed by atoms with Crippen LogP contribution in [0.15, 0.2) is 43.0 Å². The summed E-state index contributed by atoms with van der Waals surface area (Å²) in [5.41, 5.74) is 1.48. The lowest BCUT2D eigenvalue weighted by molar-refractivity contribution is -0.124. The fourth-order valence-corrected chi connectivity index (χ4v) is 4.21. The number of hydrogen-bond donors (Lipinski definition) is 1. The van der Waals surface area contributed by atoms with Crippen LogP contribution < -0.4 is 5.32 Å². The standard InChI is InChI=1S/C20H25ClN7O4P/c1-26(2)33(21,30)31-11-15-9-27(3)10-16(32-15)28-13-24-17-18(22-12-23-19(17)28)25-20(29)14-7-5-4-6-8-14/h4-8,12-13,15-16H,9-11H2,1-3H3,(H,22,23,25,29)/t15-,16?,33+/m0/s1. The average Bonchev–Trinajstić information content (AvgIpc) is 3.23. The maximum atomic E-state index is 12.6. The number of nitrogens with zero attached hydrogens (tertiary/aromatic N) is 6. The van der Waals surface area contributed by atoms with Gasteiger partial charge in [-0.25, -0.2) is 19.6 Å². The maximum absolute atomic E-state index is 12.6. The van der Waals surface area contributed by atoms with Crippen LogP contribution in [0, 0.1) is 0 Å². The molecule has 0 bridgehead atoms. The highest BCUT2D eigenvalue weighted by Gasteiger charge is 2.32. The van der Waals surface area contributed by atoms with Gasteiger partial charge in [-0.3, -0.25) is 18.8 Å². The third-order valence-corrected chi connectivity index (χ3v) is 7.79. The summed E-state index contributed by atoms with van der Waals surface area (Å²) in [6, 6.07) is 8.86. The molecule has 0 radical (unpaired) electrons. The van der Waals surface area contributed by atoms with Gasteiger partial charge in [0.25, 0.3) is 5.91 Å². The van der Waals surface area contributed by atoms with Gasteiger partial charge in [0.15, 0.2) is 17.0 Å². The molecular weight excluding hydrogens is 469 g/mol. The van der Waals surface area contributed by atoms with Crippen molar-refractivity contribution in [3.05, 3.63) is 48.5 Å². The second-order valence-electron chi connectivity index (χ2n) is 7.89. The second kappa shape index (κ2) is 9.84. The predicted molar refractivity (Wildman–Crippen MR) is 124 cm³/mol. The Labute approximate surface area is 196 Å². The lowest BCUT2D eigenvalue weighted by atomic mass is 10.2. The number of imidazole rings is 1. The molecule has 3 aromatic rings. The van der Waals surface area contributed by atoms with E-state index in [1.54, 1.807) is 49.3 Å². The van der Waals surface area contributed by atoms with Gasteiger partial charge in [0.05, 0.1) is 19.0 Å². The van der Waals surface area contributed by atoms with Crippen molar-refractivity contribution in [1.82, 2.24) is 29.1 Å². The largest absolute Gasteiger partial charge is 0.362 e. The number of carbonyl (C=O) groups is 1. The summed E-state index contributed by atoms with van der Waals surface area (Å²) in [6.45, 7) is -2.16. The van der Waals surface area contributed by atoms with Crippen molar-refractivity contribution in [2.24, 2.45) is 0 Å². The van der Waals surface area contributed by atoms with Crippen LogP contribution in [-0.4, -0.2) is 81.9 Å². The van der Waals surface area contributed by atoms with Crippen molar-refractivity contribution >= 4 is 41.0 Å². The average molecular weight is 494 g/mol. The van der Waals surface area contributed by atoms with Gasteiger partial charge in [-0.15, -0.1) is 0 Å². The number of amides is 1. The van der Waals surface area contributed by atoms with Crippen LogP contribution in [0.3, 0.4) is 0 Å². The van der Waals surface area contributed by atoms with E-state index in [9.17, 15) is 9.36 Å². The molecule has 1 N–H and O–H groups in total. The number of carbonyl (C=O) groups excluding carboxylic acids is 1. The van der Waals surface area contributed by atoms with Gasteiger partial charge in [-0.05, 0) is 44.5 Å². The van der Waals surface area contributed by atoms with Crippen LogP contribution >= 0.6 is 18.1 Å². The first kappa shape index (κ1) is 23.7. The first-order valence-corrected chi connectivity index (χ1v) is 12.7. The third kappa shape index (κ3) is 5.40. The molecule has 0 spiro atoms. The molecule has 1 aliphatic rings. The van der Waals surface area contributed by atoms with Crippen LogP contribution in [0.2, 0.25) is 0 Å². The monoisotopic (exact) mass is 493 g/mol. The normalized spacial score (nSPS) is 21.2. The van der Waals surface area contributed by atoms with Crippen molar-refractivity contribution in [1.29, 1.82) is 0 Å². The highest BCUT2D eigenvalue weighted by Crippen LogP contribution is 2.54. The van der Waals surface area contributed by atoms with Gasteiger partial charge in [0.1, 0.15) is 12.6 Å². The Bertz CT molecular complexity index is 1180. The summed E-state index contributed by atoms with van der Waals surface area (Å²) in [5.74, 6) is 0.0214. The number of halogens is 1. The predicted octanol–water partition coefficient (Wildman–Crippen LogP) is 2.83. The quantitative estimate of drug-likeness (QED) is 0.496. The molecule has 0 saturated carbocycles. The minimum absolute atomic E-state index is 0.0692. The topological polar surface area (TPSA) is 115 Å². The van der Waals surface area contributed by atoms with Crippen molar-refractivity contribution in [2.75, 3.05) is 46.2 Å². The fourth-order valence-electron chi connectivity index (χ4n) is 3.46. The lowest BCUT2D eigenvalue weighted by Crippen LogP contribution is -2.45. The summed E-state index contributed by atoms with van der Waals surface area (Å²) in [7, 11) is 5.14. The number of fused-ring (bicyclic) bond motifs is 1. The van der Waals surface area contributed by atoms with Gasteiger partial charge in [-0.2, -0.15) is 0 Å². The summed E-state index contributed by atoms with van der Waals surface area (Å²) >= 11 is 5.97. The Morgan fingerprint density at radius 3 is 2.76 bits per heavy atom. The van der Waals surface area contributed by atoms with Crippen molar-refractivity contribution in [3.8, 4) is 0 Å².